The second kappa shape index (κ2) is 13.5. The van der Waals surface area contributed by atoms with E-state index in [9.17, 15) is 0 Å². The minimum absolute atomic E-state index is 0.624. The lowest BCUT2D eigenvalue weighted by molar-refractivity contribution is 0.995. The van der Waals surface area contributed by atoms with Crippen molar-refractivity contribution in [3.8, 4) is 34.2 Å². The van der Waals surface area contributed by atoms with Crippen LogP contribution in [0.5, 0.6) is 0 Å². The molecule has 0 fully saturated rings. The average molecular weight is 730 g/mol. The van der Waals surface area contributed by atoms with Gasteiger partial charge in [0.15, 0.2) is 0 Å². The van der Waals surface area contributed by atoms with E-state index < -0.39 is 0 Å². The van der Waals surface area contributed by atoms with Crippen LogP contribution in [0.4, 0.5) is 17.1 Å². The highest BCUT2D eigenvalue weighted by Crippen LogP contribution is 2.43. The maximum Gasteiger partial charge on any atom is 0.235 e. The first-order chi connectivity index (χ1) is 28.3. The number of hydrogen-bond acceptors (Lipinski definition) is 3. The molecule has 11 rings (SSSR count). The molecule has 0 aliphatic carbocycles. The fourth-order valence-corrected chi connectivity index (χ4v) is 8.40. The number of hydrogen-bond donors (Lipinski definition) is 0. The van der Waals surface area contributed by atoms with Crippen LogP contribution in [0.3, 0.4) is 0 Å². The SMILES string of the molecule is c1ccc(-c2cc(-c3ccccc3)nc(-n3c4ccccc4c4ccc5c6ccccc6n(-c6cccc(N(c7ccccc7)c7ccccc7)c6)c5c43)n2)cc1. The molecule has 0 unspecified atom stereocenters. The van der Waals surface area contributed by atoms with Crippen LogP contribution in [0.25, 0.3) is 77.8 Å². The summed E-state index contributed by atoms with van der Waals surface area (Å²) in [5, 5.41) is 4.64. The van der Waals surface area contributed by atoms with E-state index in [1.807, 2.05) is 12.1 Å². The Labute approximate surface area is 330 Å². The van der Waals surface area contributed by atoms with Crippen LogP contribution < -0.4 is 4.90 Å². The number of fused-ring (bicyclic) bond motifs is 7. The predicted octanol–water partition coefficient (Wildman–Crippen LogP) is 13.5. The number of benzene rings is 8. The molecule has 0 spiro atoms. The Morgan fingerprint density at radius 1 is 0.333 bits per heavy atom. The molecule has 0 amide bonds. The third kappa shape index (κ3) is 5.48. The third-order valence-corrected chi connectivity index (χ3v) is 10.9. The van der Waals surface area contributed by atoms with Crippen LogP contribution in [0.1, 0.15) is 0 Å². The Kier molecular flexibility index (Phi) is 7.74. The molecular weight excluding hydrogens is 695 g/mol. The monoisotopic (exact) mass is 729 g/mol. The maximum absolute atomic E-state index is 5.38. The molecule has 0 saturated carbocycles. The molecule has 0 radical (unpaired) electrons. The number of nitrogens with zero attached hydrogens (tertiary/aromatic N) is 5. The number of para-hydroxylation sites is 4. The molecule has 0 atom stereocenters. The van der Waals surface area contributed by atoms with Gasteiger partial charge in [-0.2, -0.15) is 0 Å². The van der Waals surface area contributed by atoms with Gasteiger partial charge in [0.25, 0.3) is 0 Å². The van der Waals surface area contributed by atoms with Crippen LogP contribution >= 0.6 is 0 Å². The fraction of sp³-hybridized carbons (Fsp3) is 0. The van der Waals surface area contributed by atoms with Gasteiger partial charge in [-0.05, 0) is 60.7 Å². The molecule has 5 heteroatoms. The van der Waals surface area contributed by atoms with Crippen molar-refractivity contribution in [1.29, 1.82) is 0 Å². The van der Waals surface area contributed by atoms with Crippen molar-refractivity contribution < 1.29 is 0 Å². The Bertz CT molecular complexity index is 3130. The van der Waals surface area contributed by atoms with Crippen molar-refractivity contribution in [3.63, 3.8) is 0 Å². The molecule has 0 N–H and O–H groups in total. The molecular formula is C52H35N5. The van der Waals surface area contributed by atoms with E-state index >= 15 is 0 Å². The summed E-state index contributed by atoms with van der Waals surface area (Å²) in [6.07, 6.45) is 0. The van der Waals surface area contributed by atoms with Crippen molar-refractivity contribution in [2.75, 3.05) is 4.90 Å². The number of anilines is 3. The van der Waals surface area contributed by atoms with Gasteiger partial charge >= 0.3 is 0 Å². The summed E-state index contributed by atoms with van der Waals surface area (Å²) in [6.45, 7) is 0. The van der Waals surface area contributed by atoms with Gasteiger partial charge in [-0.1, -0.05) is 152 Å². The van der Waals surface area contributed by atoms with Gasteiger partial charge in [0.1, 0.15) is 0 Å². The summed E-state index contributed by atoms with van der Waals surface area (Å²) < 4.78 is 4.71. The minimum Gasteiger partial charge on any atom is -0.310 e. The minimum atomic E-state index is 0.624. The molecule has 0 aliphatic rings. The van der Waals surface area contributed by atoms with Crippen molar-refractivity contribution in [2.24, 2.45) is 0 Å². The molecule has 0 aliphatic heterocycles. The quantitative estimate of drug-likeness (QED) is 0.164. The lowest BCUT2D eigenvalue weighted by Crippen LogP contribution is -2.10. The first-order valence-corrected chi connectivity index (χ1v) is 19.3. The van der Waals surface area contributed by atoms with Gasteiger partial charge in [0.05, 0.1) is 33.5 Å². The number of aromatic nitrogens is 4. The average Bonchev–Trinajstić information content (AvgIpc) is 3.81. The number of rotatable bonds is 7. The van der Waals surface area contributed by atoms with Gasteiger partial charge in [0, 0.05) is 55.4 Å². The summed E-state index contributed by atoms with van der Waals surface area (Å²) in [5.74, 6) is 0.624. The third-order valence-electron chi connectivity index (χ3n) is 10.9. The summed E-state index contributed by atoms with van der Waals surface area (Å²) in [7, 11) is 0. The fourth-order valence-electron chi connectivity index (χ4n) is 8.40. The van der Waals surface area contributed by atoms with E-state index in [0.717, 1.165) is 83.5 Å². The first-order valence-electron chi connectivity index (χ1n) is 19.3. The smallest absolute Gasteiger partial charge is 0.235 e. The molecule has 8 aromatic carbocycles. The molecule has 0 saturated heterocycles. The molecule has 11 aromatic rings. The van der Waals surface area contributed by atoms with Crippen molar-refractivity contribution in [1.82, 2.24) is 19.1 Å². The molecule has 3 heterocycles. The highest BCUT2D eigenvalue weighted by atomic mass is 15.2. The molecule has 268 valence electrons. The summed E-state index contributed by atoms with van der Waals surface area (Å²) >= 11 is 0. The molecule has 57 heavy (non-hydrogen) atoms. The van der Waals surface area contributed by atoms with E-state index in [0.29, 0.717) is 5.95 Å². The Hall–Kier alpha value is -7.76. The standard InChI is InChI=1S/C52H35N5/c1-5-18-36(19-6-1)46-35-47(37-20-7-2-8-21-37)54-52(53-46)57-49-31-16-14-29-43(49)45-33-32-44-42-28-13-15-30-48(42)56(50(44)51(45)57)41-27-17-26-40(34-41)55(38-22-9-3-10-23-38)39-24-11-4-12-25-39/h1-35H. The molecule has 5 nitrogen and oxygen atoms in total. The molecule has 3 aromatic heterocycles. The lowest BCUT2D eigenvalue weighted by atomic mass is 10.1. The first kappa shape index (κ1) is 32.7. The Morgan fingerprint density at radius 3 is 1.32 bits per heavy atom. The highest BCUT2D eigenvalue weighted by molar-refractivity contribution is 6.23. The molecule has 0 bridgehead atoms. The normalized spacial score (nSPS) is 11.5. The predicted molar refractivity (Wildman–Crippen MR) is 236 cm³/mol. The summed E-state index contributed by atoms with van der Waals surface area (Å²) in [5.41, 5.74) is 12.5. The van der Waals surface area contributed by atoms with Crippen LogP contribution in [0.15, 0.2) is 212 Å². The van der Waals surface area contributed by atoms with E-state index in [4.69, 9.17) is 9.97 Å². The van der Waals surface area contributed by atoms with Crippen molar-refractivity contribution in [2.45, 2.75) is 0 Å². The van der Waals surface area contributed by atoms with E-state index in [1.165, 1.54) is 5.39 Å². The second-order valence-electron chi connectivity index (χ2n) is 14.3. The van der Waals surface area contributed by atoms with Crippen LogP contribution in [0.2, 0.25) is 0 Å². The van der Waals surface area contributed by atoms with Crippen LogP contribution in [0, 0.1) is 0 Å². The zero-order valence-electron chi connectivity index (χ0n) is 30.9. The van der Waals surface area contributed by atoms with E-state index in [1.54, 1.807) is 0 Å². The van der Waals surface area contributed by atoms with Gasteiger partial charge < -0.3 is 9.47 Å². The largest absolute Gasteiger partial charge is 0.310 e. The van der Waals surface area contributed by atoms with Gasteiger partial charge in [-0.3, -0.25) is 4.57 Å². The van der Waals surface area contributed by atoms with E-state index in [2.05, 4.69) is 214 Å². The van der Waals surface area contributed by atoms with Gasteiger partial charge in [-0.25, -0.2) is 9.97 Å². The van der Waals surface area contributed by atoms with Crippen molar-refractivity contribution >= 4 is 60.7 Å². The summed E-state index contributed by atoms with van der Waals surface area (Å²) in [4.78, 5) is 13.1. The maximum atomic E-state index is 5.38. The Morgan fingerprint density at radius 2 is 0.772 bits per heavy atom. The zero-order chi connectivity index (χ0) is 37.7. The summed E-state index contributed by atoms with van der Waals surface area (Å²) in [6, 6.07) is 74.8. The zero-order valence-corrected chi connectivity index (χ0v) is 30.9. The van der Waals surface area contributed by atoms with Crippen LogP contribution in [-0.4, -0.2) is 19.1 Å². The van der Waals surface area contributed by atoms with Crippen LogP contribution in [-0.2, 0) is 0 Å². The highest BCUT2D eigenvalue weighted by Gasteiger charge is 2.23. The second-order valence-corrected chi connectivity index (χ2v) is 14.3. The topological polar surface area (TPSA) is 38.9 Å². The lowest BCUT2D eigenvalue weighted by Gasteiger charge is -2.26. The Balaban J connectivity index is 1.24. The van der Waals surface area contributed by atoms with Gasteiger partial charge in [-0.15, -0.1) is 0 Å². The van der Waals surface area contributed by atoms with E-state index in [-0.39, 0.29) is 0 Å². The van der Waals surface area contributed by atoms with Crippen molar-refractivity contribution in [3.05, 3.63) is 212 Å². The van der Waals surface area contributed by atoms with Gasteiger partial charge in [0.2, 0.25) is 5.95 Å².